The Hall–Kier alpha value is -1.86. The van der Waals surface area contributed by atoms with E-state index in [9.17, 15) is 13.2 Å². The molecule has 0 fully saturated rings. The molecule has 0 aliphatic carbocycles. The van der Waals surface area contributed by atoms with Crippen molar-refractivity contribution in [3.8, 4) is 0 Å². The highest BCUT2D eigenvalue weighted by Crippen LogP contribution is 2.23. The molecule has 0 aliphatic heterocycles. The Morgan fingerprint density at radius 3 is 2.60 bits per heavy atom. The van der Waals surface area contributed by atoms with Gasteiger partial charge in [-0.25, -0.2) is 8.42 Å². The minimum atomic E-state index is -3.61. The Balaban J connectivity index is 2.23. The van der Waals surface area contributed by atoms with Crippen LogP contribution in [0.1, 0.15) is 12.0 Å². The van der Waals surface area contributed by atoms with Gasteiger partial charge in [0, 0.05) is 6.42 Å². The highest BCUT2D eigenvalue weighted by molar-refractivity contribution is 7.94. The monoisotopic (exact) mass is 311 g/mol. The van der Waals surface area contributed by atoms with Crippen molar-refractivity contribution < 1.29 is 18.3 Å². The molecule has 20 heavy (non-hydrogen) atoms. The van der Waals surface area contributed by atoms with Gasteiger partial charge in [0.05, 0.1) is 5.69 Å². The van der Waals surface area contributed by atoms with Crippen molar-refractivity contribution in [3.05, 3.63) is 47.3 Å². The maximum absolute atomic E-state index is 12.1. The third-order valence-corrected chi connectivity index (χ3v) is 5.39. The smallest absolute Gasteiger partial charge is 0.303 e. The molecule has 0 aliphatic rings. The molecule has 2 N–H and O–H groups in total. The summed E-state index contributed by atoms with van der Waals surface area (Å²) in [7, 11) is -3.61. The lowest BCUT2D eigenvalue weighted by Gasteiger charge is -2.11. The molecular formula is C13H13NO4S2. The lowest BCUT2D eigenvalue weighted by atomic mass is 10.1. The lowest BCUT2D eigenvalue weighted by molar-refractivity contribution is -0.136. The van der Waals surface area contributed by atoms with E-state index in [1.54, 1.807) is 35.7 Å². The minimum absolute atomic E-state index is 0.0439. The summed E-state index contributed by atoms with van der Waals surface area (Å²) >= 11 is 1.13. The first-order chi connectivity index (χ1) is 9.49. The number of hydrogen-bond donors (Lipinski definition) is 2. The first-order valence-corrected chi connectivity index (χ1v) is 8.21. The number of aliphatic carboxylic acids is 1. The largest absolute Gasteiger partial charge is 0.481 e. The van der Waals surface area contributed by atoms with Gasteiger partial charge in [-0.2, -0.15) is 0 Å². The first kappa shape index (κ1) is 14.5. The molecule has 0 saturated heterocycles. The van der Waals surface area contributed by atoms with E-state index in [1.807, 2.05) is 0 Å². The number of anilines is 1. The SMILES string of the molecule is O=C(O)CCc1ccccc1NS(=O)(=O)c1cccs1. The molecule has 0 atom stereocenters. The van der Waals surface area contributed by atoms with Crippen LogP contribution in [0.4, 0.5) is 5.69 Å². The van der Waals surface area contributed by atoms with Gasteiger partial charge in [0.2, 0.25) is 0 Å². The number of sulfonamides is 1. The van der Waals surface area contributed by atoms with E-state index in [0.717, 1.165) is 11.3 Å². The molecule has 1 aromatic carbocycles. The Morgan fingerprint density at radius 1 is 1.20 bits per heavy atom. The van der Waals surface area contributed by atoms with E-state index in [1.165, 1.54) is 6.07 Å². The van der Waals surface area contributed by atoms with Crippen LogP contribution < -0.4 is 4.72 Å². The zero-order valence-electron chi connectivity index (χ0n) is 10.4. The van der Waals surface area contributed by atoms with Gasteiger partial charge >= 0.3 is 5.97 Å². The Labute approximate surface area is 120 Å². The Kier molecular flexibility index (Phi) is 4.41. The lowest BCUT2D eigenvalue weighted by Crippen LogP contribution is -2.13. The average molecular weight is 311 g/mol. The number of aryl methyl sites for hydroxylation is 1. The van der Waals surface area contributed by atoms with E-state index < -0.39 is 16.0 Å². The number of para-hydroxylation sites is 1. The van der Waals surface area contributed by atoms with Crippen LogP contribution in [-0.4, -0.2) is 19.5 Å². The zero-order valence-corrected chi connectivity index (χ0v) is 12.1. The number of thiophene rings is 1. The maximum Gasteiger partial charge on any atom is 0.303 e. The van der Waals surface area contributed by atoms with Gasteiger partial charge in [0.15, 0.2) is 0 Å². The summed E-state index contributed by atoms with van der Waals surface area (Å²) in [6, 6.07) is 9.98. The molecule has 0 unspecified atom stereocenters. The molecule has 5 nitrogen and oxygen atoms in total. The standard InChI is InChI=1S/C13H13NO4S2/c15-12(16)8-7-10-4-1-2-5-11(10)14-20(17,18)13-6-3-9-19-13/h1-6,9,14H,7-8H2,(H,15,16). The number of nitrogens with one attached hydrogen (secondary N) is 1. The van der Waals surface area contributed by atoms with Gasteiger partial charge in [0.25, 0.3) is 10.0 Å². The van der Waals surface area contributed by atoms with Crippen molar-refractivity contribution in [1.82, 2.24) is 0 Å². The van der Waals surface area contributed by atoms with E-state index >= 15 is 0 Å². The molecule has 2 rings (SSSR count). The predicted octanol–water partition coefficient (Wildman–Crippen LogP) is 2.57. The summed E-state index contributed by atoms with van der Waals surface area (Å²) in [6.45, 7) is 0. The number of carbonyl (C=O) groups is 1. The maximum atomic E-state index is 12.1. The van der Waals surface area contributed by atoms with Crippen molar-refractivity contribution in [2.45, 2.75) is 17.1 Å². The van der Waals surface area contributed by atoms with Crippen LogP contribution >= 0.6 is 11.3 Å². The van der Waals surface area contributed by atoms with Gasteiger partial charge in [-0.1, -0.05) is 24.3 Å². The molecule has 0 radical (unpaired) electrons. The Morgan fingerprint density at radius 2 is 1.95 bits per heavy atom. The van der Waals surface area contributed by atoms with Crippen LogP contribution in [0.5, 0.6) is 0 Å². The third-order valence-electron chi connectivity index (χ3n) is 2.63. The van der Waals surface area contributed by atoms with Crippen LogP contribution in [0.25, 0.3) is 0 Å². The van der Waals surface area contributed by atoms with Gasteiger partial charge in [-0.15, -0.1) is 11.3 Å². The summed E-state index contributed by atoms with van der Waals surface area (Å²) in [5.41, 5.74) is 1.08. The van der Waals surface area contributed by atoms with Crippen molar-refractivity contribution in [1.29, 1.82) is 0 Å². The molecule has 0 spiro atoms. The van der Waals surface area contributed by atoms with Crippen LogP contribution in [0.15, 0.2) is 46.0 Å². The van der Waals surface area contributed by atoms with Crippen LogP contribution in [0, 0.1) is 0 Å². The third kappa shape index (κ3) is 3.58. The molecule has 0 bridgehead atoms. The van der Waals surface area contributed by atoms with E-state index in [0.29, 0.717) is 11.3 Å². The van der Waals surface area contributed by atoms with E-state index in [-0.39, 0.29) is 17.1 Å². The summed E-state index contributed by atoms with van der Waals surface area (Å²) in [5.74, 6) is -0.916. The summed E-state index contributed by atoms with van der Waals surface area (Å²) in [6.07, 6.45) is 0.232. The van der Waals surface area contributed by atoms with Crippen molar-refractivity contribution >= 4 is 33.0 Å². The van der Waals surface area contributed by atoms with Gasteiger partial charge in [-0.3, -0.25) is 9.52 Å². The number of carboxylic acids is 1. The minimum Gasteiger partial charge on any atom is -0.481 e. The number of benzene rings is 1. The second-order valence-corrected chi connectivity index (χ2v) is 6.95. The normalized spacial score (nSPS) is 11.2. The van der Waals surface area contributed by atoms with Crippen molar-refractivity contribution in [2.75, 3.05) is 4.72 Å². The molecule has 0 amide bonds. The molecular weight excluding hydrogens is 298 g/mol. The molecule has 106 valence electrons. The van der Waals surface area contributed by atoms with Crippen molar-refractivity contribution in [2.24, 2.45) is 0 Å². The van der Waals surface area contributed by atoms with Crippen LogP contribution in [-0.2, 0) is 21.2 Å². The summed E-state index contributed by atoms with van der Waals surface area (Å²) in [5, 5.41) is 10.4. The van der Waals surface area contributed by atoms with Crippen molar-refractivity contribution in [3.63, 3.8) is 0 Å². The highest BCUT2D eigenvalue weighted by atomic mass is 32.2. The molecule has 1 aromatic heterocycles. The zero-order chi connectivity index (χ0) is 14.6. The highest BCUT2D eigenvalue weighted by Gasteiger charge is 2.16. The number of carboxylic acid groups (broad SMARTS) is 1. The molecule has 2 aromatic rings. The summed E-state index contributed by atoms with van der Waals surface area (Å²) in [4.78, 5) is 10.6. The topological polar surface area (TPSA) is 83.5 Å². The average Bonchev–Trinajstić information content (AvgIpc) is 2.92. The first-order valence-electron chi connectivity index (χ1n) is 5.85. The van der Waals surface area contributed by atoms with Gasteiger partial charge in [-0.05, 0) is 29.5 Å². The molecule has 1 heterocycles. The second-order valence-electron chi connectivity index (χ2n) is 4.09. The quantitative estimate of drug-likeness (QED) is 0.859. The van der Waals surface area contributed by atoms with Crippen LogP contribution in [0.2, 0.25) is 0 Å². The van der Waals surface area contributed by atoms with Crippen LogP contribution in [0.3, 0.4) is 0 Å². The summed E-state index contributed by atoms with van der Waals surface area (Å²) < 4.78 is 27.0. The fourth-order valence-electron chi connectivity index (χ4n) is 1.69. The molecule has 0 saturated carbocycles. The van der Waals surface area contributed by atoms with Gasteiger partial charge < -0.3 is 5.11 Å². The Bertz CT molecular complexity index is 693. The number of hydrogen-bond acceptors (Lipinski definition) is 4. The predicted molar refractivity (Wildman–Crippen MR) is 77.5 cm³/mol. The fourth-order valence-corrected chi connectivity index (χ4v) is 3.78. The van der Waals surface area contributed by atoms with Gasteiger partial charge in [0.1, 0.15) is 4.21 Å². The van der Waals surface area contributed by atoms with E-state index in [2.05, 4.69) is 4.72 Å². The fraction of sp³-hybridized carbons (Fsp3) is 0.154. The second kappa shape index (κ2) is 6.06. The van der Waals surface area contributed by atoms with E-state index in [4.69, 9.17) is 5.11 Å². The number of rotatable bonds is 6. The molecule has 7 heteroatoms.